The first-order valence-corrected chi connectivity index (χ1v) is 8.19. The van der Waals surface area contributed by atoms with E-state index < -0.39 is 0 Å². The minimum absolute atomic E-state index is 0.207. The summed E-state index contributed by atoms with van der Waals surface area (Å²) in [4.78, 5) is 12.4. The van der Waals surface area contributed by atoms with Gasteiger partial charge >= 0.3 is 0 Å². The van der Waals surface area contributed by atoms with Crippen LogP contribution in [-0.2, 0) is 6.73 Å². The Morgan fingerprint density at radius 3 is 2.68 bits per heavy atom. The Morgan fingerprint density at radius 1 is 1.16 bits per heavy atom. The van der Waals surface area contributed by atoms with E-state index in [9.17, 15) is 4.79 Å². The SMILES string of the molecule is Cc1ccc(C)c(NC(=O)c2ccn(COc3ccc(Cl)cc3)n2)c1. The standard InChI is InChI=1S/C19H18ClN3O2/c1-13-3-4-14(2)18(11-13)21-19(24)17-9-10-23(22-17)12-25-16-7-5-15(20)6-8-16/h3-11H,12H2,1-2H3,(H,21,24). The van der Waals surface area contributed by atoms with Crippen LogP contribution in [0.25, 0.3) is 0 Å². The summed E-state index contributed by atoms with van der Waals surface area (Å²) in [6, 6.07) is 14.6. The van der Waals surface area contributed by atoms with Crippen LogP contribution in [-0.4, -0.2) is 15.7 Å². The van der Waals surface area contributed by atoms with Crippen LogP contribution in [0.3, 0.4) is 0 Å². The van der Waals surface area contributed by atoms with E-state index in [0.29, 0.717) is 16.5 Å². The summed E-state index contributed by atoms with van der Waals surface area (Å²) in [6.45, 7) is 4.14. The lowest BCUT2D eigenvalue weighted by Crippen LogP contribution is -2.15. The molecular weight excluding hydrogens is 338 g/mol. The van der Waals surface area contributed by atoms with Gasteiger partial charge in [0.1, 0.15) is 5.75 Å². The molecule has 0 aliphatic carbocycles. The molecule has 1 N–H and O–H groups in total. The molecule has 6 heteroatoms. The smallest absolute Gasteiger partial charge is 0.276 e. The second-order valence-corrected chi connectivity index (χ2v) is 6.18. The quantitative estimate of drug-likeness (QED) is 0.736. The largest absolute Gasteiger partial charge is 0.471 e. The molecule has 3 aromatic rings. The number of hydrogen-bond donors (Lipinski definition) is 1. The molecular formula is C19H18ClN3O2. The van der Waals surface area contributed by atoms with E-state index in [2.05, 4.69) is 10.4 Å². The zero-order valence-corrected chi connectivity index (χ0v) is 14.7. The monoisotopic (exact) mass is 355 g/mol. The van der Waals surface area contributed by atoms with Crippen LogP contribution in [0.1, 0.15) is 21.6 Å². The molecule has 0 spiro atoms. The minimum Gasteiger partial charge on any atom is -0.471 e. The van der Waals surface area contributed by atoms with Crippen LogP contribution in [0.4, 0.5) is 5.69 Å². The number of benzene rings is 2. The molecule has 0 saturated heterocycles. The molecule has 5 nitrogen and oxygen atoms in total. The summed E-state index contributed by atoms with van der Waals surface area (Å²) in [5, 5.41) is 7.78. The number of aryl methyl sites for hydroxylation is 2. The maximum absolute atomic E-state index is 12.4. The van der Waals surface area contributed by atoms with Crippen molar-refractivity contribution in [1.29, 1.82) is 0 Å². The zero-order chi connectivity index (χ0) is 17.8. The van der Waals surface area contributed by atoms with Crippen molar-refractivity contribution in [2.75, 3.05) is 5.32 Å². The average molecular weight is 356 g/mol. The Kier molecular flexibility index (Phi) is 5.05. The van der Waals surface area contributed by atoms with Crippen LogP contribution >= 0.6 is 11.6 Å². The van der Waals surface area contributed by atoms with Gasteiger partial charge in [0.15, 0.2) is 12.4 Å². The molecule has 1 amide bonds. The third-order valence-corrected chi connectivity index (χ3v) is 3.94. The molecule has 0 radical (unpaired) electrons. The van der Waals surface area contributed by atoms with E-state index in [0.717, 1.165) is 16.8 Å². The van der Waals surface area contributed by atoms with Crippen LogP contribution in [0.2, 0.25) is 5.02 Å². The highest BCUT2D eigenvalue weighted by atomic mass is 35.5. The topological polar surface area (TPSA) is 56.2 Å². The van der Waals surface area contributed by atoms with Crippen LogP contribution in [0.5, 0.6) is 5.75 Å². The maximum Gasteiger partial charge on any atom is 0.276 e. The van der Waals surface area contributed by atoms with Crippen LogP contribution in [0, 0.1) is 13.8 Å². The van der Waals surface area contributed by atoms with Crippen molar-refractivity contribution in [2.24, 2.45) is 0 Å². The van der Waals surface area contributed by atoms with Crippen LogP contribution < -0.4 is 10.1 Å². The molecule has 0 fully saturated rings. The molecule has 25 heavy (non-hydrogen) atoms. The number of aromatic nitrogens is 2. The second kappa shape index (κ2) is 7.40. The molecule has 128 valence electrons. The first kappa shape index (κ1) is 17.0. The van der Waals surface area contributed by atoms with E-state index in [4.69, 9.17) is 16.3 Å². The van der Waals surface area contributed by atoms with Gasteiger partial charge in [-0.1, -0.05) is 23.7 Å². The molecule has 0 bridgehead atoms. The summed E-state index contributed by atoms with van der Waals surface area (Å²) in [6.07, 6.45) is 1.70. The number of anilines is 1. The molecule has 2 aromatic carbocycles. The summed E-state index contributed by atoms with van der Waals surface area (Å²) >= 11 is 5.84. The van der Waals surface area contributed by atoms with Gasteiger partial charge in [-0.15, -0.1) is 0 Å². The van der Waals surface area contributed by atoms with E-state index >= 15 is 0 Å². The predicted molar refractivity (Wildman–Crippen MR) is 98.2 cm³/mol. The van der Waals surface area contributed by atoms with Gasteiger partial charge in [0.25, 0.3) is 5.91 Å². The summed E-state index contributed by atoms with van der Waals surface area (Å²) in [5.41, 5.74) is 3.21. The lowest BCUT2D eigenvalue weighted by Gasteiger charge is -2.08. The number of halogens is 1. The van der Waals surface area contributed by atoms with Gasteiger partial charge in [0.2, 0.25) is 0 Å². The van der Waals surface area contributed by atoms with Crippen molar-refractivity contribution in [2.45, 2.75) is 20.6 Å². The van der Waals surface area contributed by atoms with Gasteiger partial charge in [-0.05, 0) is 61.4 Å². The zero-order valence-electron chi connectivity index (χ0n) is 14.0. The minimum atomic E-state index is -0.251. The number of amides is 1. The average Bonchev–Trinajstić information content (AvgIpc) is 3.07. The van der Waals surface area contributed by atoms with Crippen molar-refractivity contribution in [1.82, 2.24) is 9.78 Å². The molecule has 0 aliphatic heterocycles. The Hall–Kier alpha value is -2.79. The van der Waals surface area contributed by atoms with E-state index in [-0.39, 0.29) is 12.6 Å². The third kappa shape index (κ3) is 4.39. The number of nitrogens with one attached hydrogen (secondary N) is 1. The summed E-state index contributed by atoms with van der Waals surface area (Å²) in [5.74, 6) is 0.431. The fourth-order valence-electron chi connectivity index (χ4n) is 2.28. The normalized spacial score (nSPS) is 10.5. The third-order valence-electron chi connectivity index (χ3n) is 3.69. The van der Waals surface area contributed by atoms with E-state index in [1.165, 1.54) is 0 Å². The molecule has 0 aliphatic rings. The molecule has 1 aromatic heterocycles. The lowest BCUT2D eigenvalue weighted by molar-refractivity contribution is 0.102. The first-order chi connectivity index (χ1) is 12.0. The van der Waals surface area contributed by atoms with Crippen molar-refractivity contribution in [3.8, 4) is 5.75 Å². The second-order valence-electron chi connectivity index (χ2n) is 5.74. The number of carbonyl (C=O) groups excluding carboxylic acids is 1. The van der Waals surface area contributed by atoms with Gasteiger partial charge in [0.05, 0.1) is 0 Å². The summed E-state index contributed by atoms with van der Waals surface area (Å²) in [7, 11) is 0. The molecule has 0 saturated carbocycles. The highest BCUT2D eigenvalue weighted by Crippen LogP contribution is 2.18. The number of carbonyl (C=O) groups is 1. The van der Waals surface area contributed by atoms with Gasteiger partial charge in [-0.2, -0.15) is 5.10 Å². The summed E-state index contributed by atoms with van der Waals surface area (Å²) < 4.78 is 7.17. The number of rotatable bonds is 5. The Labute approximate surface area is 151 Å². The van der Waals surface area contributed by atoms with Gasteiger partial charge in [-0.3, -0.25) is 4.79 Å². The van der Waals surface area contributed by atoms with E-state index in [1.54, 1.807) is 41.2 Å². The van der Waals surface area contributed by atoms with Gasteiger partial charge in [0, 0.05) is 16.9 Å². The Bertz CT molecular complexity index is 888. The predicted octanol–water partition coefficient (Wildman–Crippen LogP) is 4.44. The number of hydrogen-bond acceptors (Lipinski definition) is 3. The fraction of sp³-hybridized carbons (Fsp3) is 0.158. The van der Waals surface area contributed by atoms with Crippen LogP contribution in [0.15, 0.2) is 54.7 Å². The highest BCUT2D eigenvalue weighted by molar-refractivity contribution is 6.30. The van der Waals surface area contributed by atoms with Gasteiger partial charge in [-0.25, -0.2) is 4.68 Å². The lowest BCUT2D eigenvalue weighted by atomic mass is 10.1. The molecule has 3 rings (SSSR count). The number of ether oxygens (including phenoxy) is 1. The van der Waals surface area contributed by atoms with Crippen molar-refractivity contribution >= 4 is 23.2 Å². The number of nitrogens with zero attached hydrogens (tertiary/aromatic N) is 2. The van der Waals surface area contributed by atoms with Crippen molar-refractivity contribution in [3.63, 3.8) is 0 Å². The van der Waals surface area contributed by atoms with Crippen molar-refractivity contribution < 1.29 is 9.53 Å². The molecule has 0 atom stereocenters. The Morgan fingerprint density at radius 2 is 1.92 bits per heavy atom. The Balaban J connectivity index is 1.63. The molecule has 1 heterocycles. The van der Waals surface area contributed by atoms with E-state index in [1.807, 2.05) is 32.0 Å². The maximum atomic E-state index is 12.4. The first-order valence-electron chi connectivity index (χ1n) is 7.82. The molecule has 0 unspecified atom stereocenters. The highest BCUT2D eigenvalue weighted by Gasteiger charge is 2.11. The fourth-order valence-corrected chi connectivity index (χ4v) is 2.41. The van der Waals surface area contributed by atoms with Gasteiger partial charge < -0.3 is 10.1 Å². The van der Waals surface area contributed by atoms with Crippen molar-refractivity contribution in [3.05, 3.63) is 76.6 Å².